The molecule has 0 aliphatic heterocycles. The van der Waals surface area contributed by atoms with E-state index >= 15 is 0 Å². The fourth-order valence-electron chi connectivity index (χ4n) is 1.70. The first-order valence-corrected chi connectivity index (χ1v) is 7.54. The van der Waals surface area contributed by atoms with E-state index in [0.29, 0.717) is 18.8 Å². The molecule has 7 heteroatoms. The molecule has 0 bridgehead atoms. The Morgan fingerprint density at radius 3 is 2.25 bits per heavy atom. The zero-order valence-electron chi connectivity index (χ0n) is 10.7. The van der Waals surface area contributed by atoms with Crippen LogP contribution in [-0.4, -0.2) is 13.5 Å². The zero-order valence-corrected chi connectivity index (χ0v) is 11.6. The van der Waals surface area contributed by atoms with Crippen molar-refractivity contribution in [2.45, 2.75) is 24.8 Å². The van der Waals surface area contributed by atoms with E-state index in [-0.39, 0.29) is 11.7 Å². The number of rotatable bonds is 6. The minimum atomic E-state index is -3.79. The van der Waals surface area contributed by atoms with Crippen molar-refractivity contribution in [1.29, 1.82) is 0 Å². The Balaban J connectivity index is 1.88. The van der Waals surface area contributed by atoms with Crippen LogP contribution in [0.25, 0.3) is 0 Å². The molecule has 2 aromatic rings. The Morgan fingerprint density at radius 2 is 1.70 bits per heavy atom. The van der Waals surface area contributed by atoms with E-state index in [1.165, 1.54) is 6.07 Å². The van der Waals surface area contributed by atoms with Gasteiger partial charge in [0.15, 0.2) is 0 Å². The van der Waals surface area contributed by atoms with Gasteiger partial charge in [-0.1, -0.05) is 24.3 Å². The monoisotopic (exact) mass is 296 g/mol. The summed E-state index contributed by atoms with van der Waals surface area (Å²) >= 11 is 0. The van der Waals surface area contributed by atoms with Crippen LogP contribution in [0.4, 0.5) is 0 Å². The Morgan fingerprint density at radius 1 is 1.05 bits per heavy atom. The highest BCUT2D eigenvalue weighted by Gasteiger charge is 2.12. The third-order valence-electron chi connectivity index (χ3n) is 2.75. The van der Waals surface area contributed by atoms with Gasteiger partial charge in [-0.15, -0.1) is 0 Å². The largest absolute Gasteiger partial charge is 0.447 e. The molecule has 0 spiro atoms. The van der Waals surface area contributed by atoms with E-state index in [2.05, 4.69) is 5.32 Å². The summed E-state index contributed by atoms with van der Waals surface area (Å²) in [5.74, 6) is 0.501. The first-order valence-electron chi connectivity index (χ1n) is 6.00. The highest BCUT2D eigenvalue weighted by molar-refractivity contribution is 7.89. The van der Waals surface area contributed by atoms with Gasteiger partial charge in [0.25, 0.3) is 10.0 Å². The van der Waals surface area contributed by atoms with E-state index in [1.54, 1.807) is 6.07 Å². The predicted octanol–water partition coefficient (Wildman–Crippen LogP) is 0.709. The normalized spacial score (nSPS) is 11.7. The molecule has 20 heavy (non-hydrogen) atoms. The Kier molecular flexibility index (Phi) is 4.56. The summed E-state index contributed by atoms with van der Waals surface area (Å²) in [5, 5.41) is 16.8. The van der Waals surface area contributed by atoms with Crippen LogP contribution in [0.2, 0.25) is 0 Å². The van der Waals surface area contributed by atoms with Gasteiger partial charge in [-0.2, -0.15) is 0 Å². The molecule has 1 aromatic heterocycles. The number of sulfonamides is 1. The first-order chi connectivity index (χ1) is 9.49. The molecule has 6 nitrogen and oxygen atoms in total. The smallest absolute Gasteiger partial charge is 0.271 e. The van der Waals surface area contributed by atoms with Crippen molar-refractivity contribution in [2.24, 2.45) is 5.14 Å². The lowest BCUT2D eigenvalue weighted by molar-refractivity contribution is 0.282. The quantitative estimate of drug-likeness (QED) is 0.728. The maximum atomic E-state index is 11.0. The number of nitrogens with one attached hydrogen (secondary N) is 1. The fraction of sp³-hybridized carbons (Fsp3) is 0.231. The second kappa shape index (κ2) is 6.19. The Labute approximate surface area is 117 Å². The molecule has 4 N–H and O–H groups in total. The lowest BCUT2D eigenvalue weighted by atomic mass is 10.1. The average Bonchev–Trinajstić information content (AvgIpc) is 2.88. The molecule has 0 saturated heterocycles. The molecule has 0 unspecified atom stereocenters. The van der Waals surface area contributed by atoms with Crippen LogP contribution in [-0.2, 0) is 29.7 Å². The van der Waals surface area contributed by atoms with Crippen LogP contribution in [0.3, 0.4) is 0 Å². The number of benzene rings is 1. The van der Waals surface area contributed by atoms with Crippen molar-refractivity contribution >= 4 is 10.0 Å². The predicted molar refractivity (Wildman–Crippen MR) is 73.0 cm³/mol. The summed E-state index contributed by atoms with van der Waals surface area (Å²) in [4.78, 5) is 0. The molecule has 108 valence electrons. The molecular weight excluding hydrogens is 280 g/mol. The number of primary sulfonamides is 1. The summed E-state index contributed by atoms with van der Waals surface area (Å²) in [6, 6.07) is 10.4. The van der Waals surface area contributed by atoms with Gasteiger partial charge in [0.05, 0.1) is 13.2 Å². The standard InChI is InChI=1S/C13H16N2O4S/c14-20(17,18)13-6-5-12(19-13)8-15-7-10-1-3-11(9-16)4-2-10/h1-6,15-16H,7-9H2,(H2,14,17,18). The average molecular weight is 296 g/mol. The van der Waals surface area contributed by atoms with Crippen LogP contribution in [0.15, 0.2) is 45.9 Å². The summed E-state index contributed by atoms with van der Waals surface area (Å²) in [5.41, 5.74) is 1.91. The van der Waals surface area contributed by atoms with Crippen LogP contribution in [0, 0.1) is 0 Å². The topological polar surface area (TPSA) is 106 Å². The SMILES string of the molecule is NS(=O)(=O)c1ccc(CNCc2ccc(CO)cc2)o1. The van der Waals surface area contributed by atoms with Crippen molar-refractivity contribution in [1.82, 2.24) is 5.32 Å². The zero-order chi connectivity index (χ0) is 14.6. The van der Waals surface area contributed by atoms with Crippen molar-refractivity contribution < 1.29 is 17.9 Å². The molecule has 2 rings (SSSR count). The summed E-state index contributed by atoms with van der Waals surface area (Å²) in [6.07, 6.45) is 0. The highest BCUT2D eigenvalue weighted by Crippen LogP contribution is 2.12. The van der Waals surface area contributed by atoms with Gasteiger partial charge in [-0.25, -0.2) is 13.6 Å². The number of aliphatic hydroxyl groups excluding tert-OH is 1. The van der Waals surface area contributed by atoms with Crippen molar-refractivity contribution in [3.63, 3.8) is 0 Å². The number of aliphatic hydroxyl groups is 1. The second-order valence-corrected chi connectivity index (χ2v) is 5.84. The number of nitrogens with two attached hydrogens (primary N) is 1. The number of furan rings is 1. The van der Waals surface area contributed by atoms with Crippen molar-refractivity contribution in [3.05, 3.63) is 53.3 Å². The minimum Gasteiger partial charge on any atom is -0.447 e. The molecule has 0 radical (unpaired) electrons. The van der Waals surface area contributed by atoms with E-state index < -0.39 is 10.0 Å². The second-order valence-electron chi connectivity index (χ2n) is 4.34. The van der Waals surface area contributed by atoms with E-state index in [1.807, 2.05) is 24.3 Å². The van der Waals surface area contributed by atoms with Gasteiger partial charge >= 0.3 is 0 Å². The number of hydrogen-bond donors (Lipinski definition) is 3. The van der Waals surface area contributed by atoms with Crippen molar-refractivity contribution in [2.75, 3.05) is 0 Å². The first kappa shape index (κ1) is 14.7. The summed E-state index contributed by atoms with van der Waals surface area (Å²) in [7, 11) is -3.79. The van der Waals surface area contributed by atoms with E-state index in [4.69, 9.17) is 14.7 Å². The molecule has 0 atom stereocenters. The molecule has 0 fully saturated rings. The Hall–Kier alpha value is -1.67. The molecular formula is C13H16N2O4S. The molecule has 0 aliphatic rings. The maximum Gasteiger partial charge on any atom is 0.271 e. The fourth-order valence-corrected chi connectivity index (χ4v) is 2.18. The molecule has 1 heterocycles. The lowest BCUT2D eigenvalue weighted by Gasteiger charge is -2.04. The molecule has 0 aliphatic carbocycles. The third-order valence-corrected chi connectivity index (χ3v) is 3.53. The summed E-state index contributed by atoms with van der Waals surface area (Å²) < 4.78 is 27.2. The van der Waals surface area contributed by atoms with Crippen LogP contribution in [0.1, 0.15) is 16.9 Å². The van der Waals surface area contributed by atoms with E-state index in [0.717, 1.165) is 11.1 Å². The third kappa shape index (κ3) is 3.91. The lowest BCUT2D eigenvalue weighted by Crippen LogP contribution is -2.13. The number of hydrogen-bond acceptors (Lipinski definition) is 5. The van der Waals surface area contributed by atoms with Crippen LogP contribution in [0.5, 0.6) is 0 Å². The van der Waals surface area contributed by atoms with Gasteiger partial charge in [-0.3, -0.25) is 0 Å². The van der Waals surface area contributed by atoms with Gasteiger partial charge in [0, 0.05) is 6.54 Å². The van der Waals surface area contributed by atoms with E-state index in [9.17, 15) is 8.42 Å². The minimum absolute atomic E-state index is 0.0242. The van der Waals surface area contributed by atoms with Crippen LogP contribution >= 0.6 is 0 Å². The molecule has 0 saturated carbocycles. The molecule has 1 aromatic carbocycles. The molecule has 0 amide bonds. The van der Waals surface area contributed by atoms with Crippen molar-refractivity contribution in [3.8, 4) is 0 Å². The highest BCUT2D eigenvalue weighted by atomic mass is 32.2. The van der Waals surface area contributed by atoms with Gasteiger partial charge < -0.3 is 14.8 Å². The van der Waals surface area contributed by atoms with Gasteiger partial charge in [0.1, 0.15) is 5.76 Å². The Bertz CT molecular complexity index is 662. The summed E-state index contributed by atoms with van der Waals surface area (Å²) in [6.45, 7) is 1.03. The maximum absolute atomic E-state index is 11.0. The van der Waals surface area contributed by atoms with Gasteiger partial charge in [0.2, 0.25) is 5.09 Å². The van der Waals surface area contributed by atoms with Crippen LogP contribution < -0.4 is 10.5 Å². The van der Waals surface area contributed by atoms with Gasteiger partial charge in [-0.05, 0) is 23.3 Å².